The van der Waals surface area contributed by atoms with Gasteiger partial charge in [-0.2, -0.15) is 0 Å². The van der Waals surface area contributed by atoms with E-state index in [0.29, 0.717) is 35.5 Å². The van der Waals surface area contributed by atoms with Gasteiger partial charge in [0.15, 0.2) is 0 Å². The monoisotopic (exact) mass is 544 g/mol. The maximum absolute atomic E-state index is 15.5. The average molecular weight is 545 g/mol. The maximum atomic E-state index is 15.5. The number of anilines is 2. The maximum Gasteiger partial charge on any atom is 0.413 e. The molecule has 40 heavy (non-hydrogen) atoms. The second kappa shape index (κ2) is 10.1. The number of nitrogens with zero attached hydrogens (tertiary/aromatic N) is 3. The summed E-state index contributed by atoms with van der Waals surface area (Å²) < 4.78 is 22.3. The highest BCUT2D eigenvalue weighted by Gasteiger charge is 2.23. The number of carbonyl (C=O) groups excluding carboxylic acids is 1. The third-order valence-electron chi connectivity index (χ3n) is 6.75. The van der Waals surface area contributed by atoms with E-state index in [0.717, 1.165) is 18.1 Å². The average Bonchev–Trinajstić information content (AvgIpc) is 2.88. The summed E-state index contributed by atoms with van der Waals surface area (Å²) in [6, 6.07) is 12.3. The molecule has 3 heterocycles. The van der Waals surface area contributed by atoms with Crippen LogP contribution in [0.3, 0.4) is 0 Å². The van der Waals surface area contributed by atoms with Crippen LogP contribution in [0.25, 0.3) is 16.6 Å². The Labute approximate surface area is 229 Å². The number of carbonyl (C=O) groups is 2. The topological polar surface area (TPSA) is 114 Å². The molecule has 0 saturated heterocycles. The van der Waals surface area contributed by atoms with Crippen LogP contribution in [0.4, 0.5) is 20.7 Å². The van der Waals surface area contributed by atoms with Gasteiger partial charge in [0.25, 0.3) is 0 Å². The predicted molar refractivity (Wildman–Crippen MR) is 150 cm³/mol. The summed E-state index contributed by atoms with van der Waals surface area (Å²) >= 11 is 0. The molecule has 206 valence electrons. The number of pyridine rings is 2. The van der Waals surface area contributed by atoms with Gasteiger partial charge in [0.2, 0.25) is 5.43 Å². The number of amides is 1. The zero-order valence-corrected chi connectivity index (χ0v) is 22.6. The first kappa shape index (κ1) is 26.9. The summed E-state index contributed by atoms with van der Waals surface area (Å²) in [6.07, 6.45) is 2.76. The Bertz CT molecular complexity index is 1720. The highest BCUT2D eigenvalue weighted by molar-refractivity contribution is 5.94. The van der Waals surface area contributed by atoms with Crippen molar-refractivity contribution in [1.29, 1.82) is 0 Å². The number of nitrogens with one attached hydrogen (secondary N) is 1. The van der Waals surface area contributed by atoms with E-state index >= 15 is 4.39 Å². The van der Waals surface area contributed by atoms with Gasteiger partial charge in [0, 0.05) is 24.7 Å². The summed E-state index contributed by atoms with van der Waals surface area (Å²) in [7, 11) is 0. The van der Waals surface area contributed by atoms with Crippen LogP contribution < -0.4 is 15.6 Å². The van der Waals surface area contributed by atoms with Gasteiger partial charge >= 0.3 is 12.1 Å². The number of halogens is 1. The molecule has 4 aromatic rings. The van der Waals surface area contributed by atoms with Gasteiger partial charge in [-0.05, 0) is 69.0 Å². The number of fused-ring (bicyclic) bond motifs is 2. The fraction of sp³-hybridized carbons (Fsp3) is 0.267. The van der Waals surface area contributed by atoms with Crippen LogP contribution in [0.2, 0.25) is 0 Å². The zero-order valence-electron chi connectivity index (χ0n) is 22.6. The van der Waals surface area contributed by atoms with Gasteiger partial charge in [0.05, 0.1) is 23.1 Å². The molecule has 0 aliphatic carbocycles. The molecule has 1 amide bonds. The van der Waals surface area contributed by atoms with Gasteiger partial charge in [-0.15, -0.1) is 0 Å². The van der Waals surface area contributed by atoms with Gasteiger partial charge in [0.1, 0.15) is 22.8 Å². The van der Waals surface area contributed by atoms with E-state index in [1.807, 2.05) is 23.1 Å². The van der Waals surface area contributed by atoms with Crippen molar-refractivity contribution < 1.29 is 23.8 Å². The molecule has 1 aliphatic heterocycles. The van der Waals surface area contributed by atoms with Crippen LogP contribution in [0.1, 0.15) is 47.8 Å². The molecule has 10 heteroatoms. The van der Waals surface area contributed by atoms with Gasteiger partial charge in [-0.1, -0.05) is 24.3 Å². The largest absolute Gasteiger partial charge is 0.477 e. The smallest absolute Gasteiger partial charge is 0.413 e. The van der Waals surface area contributed by atoms with Crippen LogP contribution in [0.5, 0.6) is 0 Å². The van der Waals surface area contributed by atoms with Crippen molar-refractivity contribution in [2.45, 2.75) is 46.3 Å². The van der Waals surface area contributed by atoms with E-state index in [2.05, 4.69) is 16.4 Å². The van der Waals surface area contributed by atoms with Crippen LogP contribution >= 0.6 is 0 Å². The van der Waals surface area contributed by atoms with Crippen molar-refractivity contribution in [3.8, 4) is 5.69 Å². The lowest BCUT2D eigenvalue weighted by molar-refractivity contribution is 0.0633. The number of carboxylic acid groups (broad SMARTS) is 1. The van der Waals surface area contributed by atoms with Gasteiger partial charge < -0.3 is 19.3 Å². The van der Waals surface area contributed by atoms with Crippen LogP contribution in [0.15, 0.2) is 59.7 Å². The van der Waals surface area contributed by atoms with Gasteiger partial charge in [-0.25, -0.2) is 19.0 Å². The number of hydrogen-bond acceptors (Lipinski definition) is 6. The number of rotatable bonds is 4. The van der Waals surface area contributed by atoms with Gasteiger partial charge in [-0.3, -0.25) is 10.1 Å². The van der Waals surface area contributed by atoms with Crippen molar-refractivity contribution in [3.63, 3.8) is 0 Å². The third-order valence-corrected chi connectivity index (χ3v) is 6.75. The van der Waals surface area contributed by atoms with Crippen molar-refractivity contribution in [3.05, 3.63) is 93.2 Å². The Kier molecular flexibility index (Phi) is 6.79. The molecular weight excluding hydrogens is 515 g/mol. The first-order valence-electron chi connectivity index (χ1n) is 12.8. The molecule has 5 rings (SSSR count). The molecule has 1 aliphatic rings. The second-order valence-corrected chi connectivity index (χ2v) is 10.8. The Balaban J connectivity index is 1.61. The fourth-order valence-corrected chi connectivity index (χ4v) is 4.91. The van der Waals surface area contributed by atoms with Crippen molar-refractivity contribution in [2.24, 2.45) is 0 Å². The highest BCUT2D eigenvalue weighted by atomic mass is 19.1. The predicted octanol–water partition coefficient (Wildman–Crippen LogP) is 5.44. The van der Waals surface area contributed by atoms with Crippen molar-refractivity contribution >= 4 is 34.5 Å². The molecule has 9 nitrogen and oxygen atoms in total. The first-order chi connectivity index (χ1) is 18.9. The number of ether oxygens (including phenoxy) is 1. The van der Waals surface area contributed by atoms with E-state index in [4.69, 9.17) is 4.74 Å². The third kappa shape index (κ3) is 5.25. The molecule has 2 aromatic carbocycles. The molecule has 0 fully saturated rings. The molecule has 0 unspecified atom stereocenters. The molecule has 2 N–H and O–H groups in total. The number of aromatic carboxylic acids is 1. The Morgan fingerprint density at radius 2 is 1.82 bits per heavy atom. The summed E-state index contributed by atoms with van der Waals surface area (Å²) in [4.78, 5) is 43.4. The van der Waals surface area contributed by atoms with E-state index < -0.39 is 34.5 Å². The number of carboxylic acids is 1. The normalized spacial score (nSPS) is 13.2. The molecule has 0 bridgehead atoms. The minimum atomic E-state index is -1.42. The molecule has 2 aromatic heterocycles. The zero-order chi connectivity index (χ0) is 28.8. The SMILES string of the molecule is Cc1cc(NC(=O)OC(C)(C)C)ncc1-n1cc(C(=O)O)c(=O)c2cc(F)c(N3CCc4ccccc4C3)cc21. The minimum Gasteiger partial charge on any atom is -0.477 e. The number of hydrogen-bond donors (Lipinski definition) is 2. The van der Waals surface area contributed by atoms with Crippen LogP contribution in [-0.4, -0.2) is 38.9 Å². The Morgan fingerprint density at radius 3 is 2.50 bits per heavy atom. The van der Waals surface area contributed by atoms with E-state index in [1.165, 1.54) is 22.5 Å². The first-order valence-corrected chi connectivity index (χ1v) is 12.8. The standard InChI is InChI=1S/C30H29FN4O5/c1-17-11-26(33-29(39)40-30(2,3)4)32-14-25(17)35-16-21(28(37)38)27(36)20-12-22(31)24(13-23(20)35)34-10-9-18-7-5-6-8-19(18)15-34/h5-8,11-14,16H,9-10,15H2,1-4H3,(H,37,38)(H,32,33,39). The molecular formula is C30H29FN4O5. The van der Waals surface area contributed by atoms with E-state index in [-0.39, 0.29) is 11.2 Å². The summed E-state index contributed by atoms with van der Waals surface area (Å²) in [5.74, 6) is -1.80. The van der Waals surface area contributed by atoms with E-state index in [1.54, 1.807) is 39.8 Å². The lowest BCUT2D eigenvalue weighted by atomic mass is 9.99. The number of benzene rings is 2. The Hall–Kier alpha value is -4.73. The highest BCUT2D eigenvalue weighted by Crippen LogP contribution is 2.31. The minimum absolute atomic E-state index is 0.0612. The fourth-order valence-electron chi connectivity index (χ4n) is 4.91. The van der Waals surface area contributed by atoms with Crippen molar-refractivity contribution in [2.75, 3.05) is 16.8 Å². The number of aryl methyl sites for hydroxylation is 1. The lowest BCUT2D eigenvalue weighted by Gasteiger charge is -2.31. The molecule has 0 radical (unpaired) electrons. The molecule has 0 saturated carbocycles. The summed E-state index contributed by atoms with van der Waals surface area (Å²) in [5, 5.41) is 12.2. The summed E-state index contributed by atoms with van der Waals surface area (Å²) in [5.41, 5.74) is 2.08. The van der Waals surface area contributed by atoms with Crippen LogP contribution in [-0.2, 0) is 17.7 Å². The molecule has 0 atom stereocenters. The Morgan fingerprint density at radius 1 is 1.10 bits per heavy atom. The second-order valence-electron chi connectivity index (χ2n) is 10.8. The quantitative estimate of drug-likeness (QED) is 0.352. The van der Waals surface area contributed by atoms with E-state index in [9.17, 15) is 19.5 Å². The number of aromatic nitrogens is 2. The van der Waals surface area contributed by atoms with Crippen LogP contribution in [0, 0.1) is 12.7 Å². The van der Waals surface area contributed by atoms with Crippen molar-refractivity contribution in [1.82, 2.24) is 9.55 Å². The lowest BCUT2D eigenvalue weighted by Crippen LogP contribution is -2.31. The molecule has 0 spiro atoms. The summed E-state index contributed by atoms with van der Waals surface area (Å²) in [6.45, 7) is 8.08.